The number of carbonyl (C=O) groups excluding carboxylic acids is 1. The maximum atomic E-state index is 12.0. The minimum absolute atomic E-state index is 0.0401. The number of rotatable bonds is 5. The van der Waals surface area contributed by atoms with Crippen molar-refractivity contribution in [2.24, 2.45) is 5.92 Å². The molecule has 0 saturated carbocycles. The van der Waals surface area contributed by atoms with Crippen LogP contribution in [0, 0.1) is 5.92 Å². The third-order valence-electron chi connectivity index (χ3n) is 3.59. The summed E-state index contributed by atoms with van der Waals surface area (Å²) in [5.74, 6) is 0.628. The predicted molar refractivity (Wildman–Crippen MR) is 74.3 cm³/mol. The smallest absolute Gasteiger partial charge is 0.232 e. The average molecular weight is 261 g/mol. The number of anilines is 1. The Labute approximate surface area is 113 Å². The van der Waals surface area contributed by atoms with E-state index in [-0.39, 0.29) is 17.9 Å². The molecule has 0 radical (unpaired) electrons. The van der Waals surface area contributed by atoms with Gasteiger partial charge in [0.2, 0.25) is 5.91 Å². The molecule has 1 fully saturated rings. The van der Waals surface area contributed by atoms with E-state index < -0.39 is 6.10 Å². The molecule has 1 aliphatic heterocycles. The van der Waals surface area contributed by atoms with Gasteiger partial charge in [0, 0.05) is 5.69 Å². The quantitative estimate of drug-likeness (QED) is 0.651. The minimum atomic E-state index is -0.577. The Morgan fingerprint density at radius 1 is 1.47 bits per heavy atom. The van der Waals surface area contributed by atoms with Gasteiger partial charge in [0.15, 0.2) is 0 Å². The molecular formula is C15H19NO3. The molecule has 19 heavy (non-hydrogen) atoms. The van der Waals surface area contributed by atoms with E-state index in [1.54, 1.807) is 18.1 Å². The Kier molecular flexibility index (Phi) is 3.90. The van der Waals surface area contributed by atoms with Crippen molar-refractivity contribution in [3.05, 3.63) is 36.9 Å². The number of carbonyl (C=O) groups is 1. The van der Waals surface area contributed by atoms with Gasteiger partial charge >= 0.3 is 0 Å². The van der Waals surface area contributed by atoms with Gasteiger partial charge in [-0.25, -0.2) is 0 Å². The van der Waals surface area contributed by atoms with E-state index in [2.05, 4.69) is 6.58 Å². The molecule has 4 nitrogen and oxygen atoms in total. The van der Waals surface area contributed by atoms with Gasteiger partial charge in [-0.05, 0) is 30.7 Å². The van der Waals surface area contributed by atoms with Crippen molar-refractivity contribution >= 4 is 11.6 Å². The minimum Gasteiger partial charge on any atom is -0.497 e. The van der Waals surface area contributed by atoms with Gasteiger partial charge in [0.1, 0.15) is 5.75 Å². The third-order valence-corrected chi connectivity index (χ3v) is 3.59. The van der Waals surface area contributed by atoms with Crippen LogP contribution in [0.2, 0.25) is 0 Å². The monoisotopic (exact) mass is 261 g/mol. The fraction of sp³-hybridized carbons (Fsp3) is 0.400. The second kappa shape index (κ2) is 5.45. The van der Waals surface area contributed by atoms with Crippen molar-refractivity contribution in [2.75, 3.05) is 12.0 Å². The largest absolute Gasteiger partial charge is 0.497 e. The van der Waals surface area contributed by atoms with E-state index in [4.69, 9.17) is 4.74 Å². The molecule has 1 amide bonds. The number of aliphatic hydroxyl groups excluding tert-OH is 1. The number of amides is 1. The van der Waals surface area contributed by atoms with E-state index in [1.165, 1.54) is 0 Å². The lowest BCUT2D eigenvalue weighted by molar-refractivity contribution is -0.132. The van der Waals surface area contributed by atoms with E-state index in [0.717, 1.165) is 11.4 Å². The topological polar surface area (TPSA) is 49.8 Å². The molecular weight excluding hydrogens is 242 g/mol. The summed E-state index contributed by atoms with van der Waals surface area (Å²) in [6.07, 6.45) is 1.58. The highest BCUT2D eigenvalue weighted by Crippen LogP contribution is 2.35. The average Bonchev–Trinajstić information content (AvgIpc) is 2.44. The number of β-lactam (4-membered cyclic amide) rings is 1. The second-order valence-corrected chi connectivity index (χ2v) is 4.78. The first-order valence-electron chi connectivity index (χ1n) is 6.36. The van der Waals surface area contributed by atoms with Gasteiger partial charge in [-0.15, -0.1) is 6.58 Å². The first-order chi connectivity index (χ1) is 9.10. The Hall–Kier alpha value is -1.81. The molecule has 1 heterocycles. The first kappa shape index (κ1) is 13.6. The summed E-state index contributed by atoms with van der Waals surface area (Å²) in [4.78, 5) is 13.6. The third kappa shape index (κ3) is 2.36. The summed E-state index contributed by atoms with van der Waals surface area (Å²) in [7, 11) is 1.60. The predicted octanol–water partition coefficient (Wildman–Crippen LogP) is 1.98. The van der Waals surface area contributed by atoms with Crippen LogP contribution in [-0.4, -0.2) is 30.3 Å². The molecule has 0 bridgehead atoms. The number of benzene rings is 1. The van der Waals surface area contributed by atoms with E-state index in [0.29, 0.717) is 6.42 Å². The number of aliphatic hydroxyl groups is 1. The molecule has 3 atom stereocenters. The summed E-state index contributed by atoms with van der Waals surface area (Å²) >= 11 is 0. The van der Waals surface area contributed by atoms with E-state index >= 15 is 0 Å². The zero-order chi connectivity index (χ0) is 14.0. The van der Waals surface area contributed by atoms with E-state index in [1.807, 2.05) is 31.2 Å². The SMILES string of the molecule is C=CC[C@@H](O)[C@@H]1[C@@H](C)C(=O)N1c1ccc(OC)cc1. The maximum Gasteiger partial charge on any atom is 0.232 e. The van der Waals surface area contributed by atoms with Gasteiger partial charge in [0.25, 0.3) is 0 Å². The number of ether oxygens (including phenoxy) is 1. The molecule has 1 N–H and O–H groups in total. The molecule has 0 aliphatic carbocycles. The van der Waals surface area contributed by atoms with Crippen LogP contribution in [0.5, 0.6) is 5.75 Å². The van der Waals surface area contributed by atoms with Crippen molar-refractivity contribution in [3.63, 3.8) is 0 Å². The van der Waals surface area contributed by atoms with Crippen LogP contribution < -0.4 is 9.64 Å². The lowest BCUT2D eigenvalue weighted by Crippen LogP contribution is -2.65. The summed E-state index contributed by atoms with van der Waals surface area (Å²) in [5.41, 5.74) is 0.789. The molecule has 4 heteroatoms. The Bertz CT molecular complexity index is 469. The van der Waals surface area contributed by atoms with Gasteiger partial charge in [-0.3, -0.25) is 4.79 Å². The maximum absolute atomic E-state index is 12.0. The molecule has 102 valence electrons. The Morgan fingerprint density at radius 2 is 2.11 bits per heavy atom. The molecule has 1 aromatic rings. The van der Waals surface area contributed by atoms with Crippen molar-refractivity contribution in [2.45, 2.75) is 25.5 Å². The Balaban J connectivity index is 2.20. The van der Waals surface area contributed by atoms with Gasteiger partial charge in [0.05, 0.1) is 25.2 Å². The van der Waals surface area contributed by atoms with Gasteiger partial charge < -0.3 is 14.7 Å². The molecule has 2 rings (SSSR count). The van der Waals surface area contributed by atoms with Crippen LogP contribution >= 0.6 is 0 Å². The van der Waals surface area contributed by atoms with Gasteiger partial charge in [-0.2, -0.15) is 0 Å². The molecule has 1 aliphatic rings. The molecule has 0 spiro atoms. The molecule has 1 aromatic carbocycles. The lowest BCUT2D eigenvalue weighted by atomic mass is 9.83. The molecule has 0 unspecified atom stereocenters. The summed E-state index contributed by atoms with van der Waals surface area (Å²) in [6.45, 7) is 5.47. The lowest BCUT2D eigenvalue weighted by Gasteiger charge is -2.47. The summed E-state index contributed by atoms with van der Waals surface area (Å²) in [6, 6.07) is 7.09. The molecule has 1 saturated heterocycles. The van der Waals surface area contributed by atoms with Crippen molar-refractivity contribution in [1.82, 2.24) is 0 Å². The fourth-order valence-electron chi connectivity index (χ4n) is 2.51. The number of hydrogen-bond acceptors (Lipinski definition) is 3. The van der Waals surface area contributed by atoms with Crippen molar-refractivity contribution in [1.29, 1.82) is 0 Å². The van der Waals surface area contributed by atoms with E-state index in [9.17, 15) is 9.90 Å². The normalized spacial score (nSPS) is 23.7. The summed E-state index contributed by atoms with van der Waals surface area (Å²) < 4.78 is 5.10. The number of hydrogen-bond donors (Lipinski definition) is 1. The van der Waals surface area contributed by atoms with Crippen LogP contribution in [0.3, 0.4) is 0 Å². The number of nitrogens with zero attached hydrogens (tertiary/aromatic N) is 1. The second-order valence-electron chi connectivity index (χ2n) is 4.78. The fourth-order valence-corrected chi connectivity index (χ4v) is 2.51. The number of methoxy groups -OCH3 is 1. The van der Waals surface area contributed by atoms with Crippen molar-refractivity contribution < 1.29 is 14.6 Å². The van der Waals surface area contributed by atoms with Crippen LogP contribution in [0.1, 0.15) is 13.3 Å². The first-order valence-corrected chi connectivity index (χ1v) is 6.36. The zero-order valence-corrected chi connectivity index (χ0v) is 11.2. The standard InChI is InChI=1S/C15H19NO3/c1-4-5-13(17)14-10(2)15(18)16(14)11-6-8-12(19-3)9-7-11/h4,6-10,13-14,17H,1,5H2,2-3H3/t10-,13-,14+/m1/s1. The highest BCUT2D eigenvalue weighted by Gasteiger charge is 2.48. The summed E-state index contributed by atoms with van der Waals surface area (Å²) in [5, 5.41) is 10.1. The highest BCUT2D eigenvalue weighted by molar-refractivity contribution is 6.02. The van der Waals surface area contributed by atoms with Crippen LogP contribution in [0.15, 0.2) is 36.9 Å². The van der Waals surface area contributed by atoms with Crippen LogP contribution in [0.4, 0.5) is 5.69 Å². The van der Waals surface area contributed by atoms with Crippen LogP contribution in [-0.2, 0) is 4.79 Å². The molecule has 0 aromatic heterocycles. The van der Waals surface area contributed by atoms with Gasteiger partial charge in [-0.1, -0.05) is 13.0 Å². The zero-order valence-electron chi connectivity index (χ0n) is 11.2. The highest BCUT2D eigenvalue weighted by atomic mass is 16.5. The van der Waals surface area contributed by atoms with Crippen LogP contribution in [0.25, 0.3) is 0 Å². The van der Waals surface area contributed by atoms with Crippen molar-refractivity contribution in [3.8, 4) is 5.75 Å². The Morgan fingerprint density at radius 3 is 2.63 bits per heavy atom.